The minimum Gasteiger partial charge on any atom is -0.384 e. The van der Waals surface area contributed by atoms with E-state index in [-0.39, 0.29) is 0 Å². The zero-order valence-electron chi connectivity index (χ0n) is 11.5. The Labute approximate surface area is 113 Å². The van der Waals surface area contributed by atoms with Gasteiger partial charge in [-0.15, -0.1) is 0 Å². The smallest absolute Gasteiger partial charge is 0.251 e. The van der Waals surface area contributed by atoms with Crippen LogP contribution < -0.4 is 16.4 Å². The molecule has 0 radical (unpaired) electrons. The maximum Gasteiger partial charge on any atom is 0.251 e. The summed E-state index contributed by atoms with van der Waals surface area (Å²) in [5, 5.41) is 0. The summed E-state index contributed by atoms with van der Waals surface area (Å²) in [6.07, 6.45) is 3.77. The van der Waals surface area contributed by atoms with Gasteiger partial charge < -0.3 is 21.3 Å². The number of nitrogen functional groups attached to an aromatic ring is 1. The van der Waals surface area contributed by atoms with Gasteiger partial charge in [0, 0.05) is 19.1 Å². The number of hydrogen-bond donors (Lipinski definition) is 2. The van der Waals surface area contributed by atoms with Crippen LogP contribution in [-0.2, 0) is 0 Å². The third kappa shape index (κ3) is 2.96. The van der Waals surface area contributed by atoms with Gasteiger partial charge in [-0.2, -0.15) is 0 Å². The van der Waals surface area contributed by atoms with Crippen LogP contribution in [0.4, 0.5) is 11.5 Å². The van der Waals surface area contributed by atoms with Gasteiger partial charge in [-0.3, -0.25) is 4.79 Å². The summed E-state index contributed by atoms with van der Waals surface area (Å²) in [6, 6.07) is 2.14. The number of pyridine rings is 1. The van der Waals surface area contributed by atoms with Crippen molar-refractivity contribution in [2.75, 3.05) is 37.8 Å². The molecular formula is C13H21N5O. The minimum atomic E-state index is -0.459. The molecule has 1 fully saturated rings. The first-order valence-corrected chi connectivity index (χ1v) is 6.45. The van der Waals surface area contributed by atoms with E-state index in [0.717, 1.165) is 31.6 Å². The number of hydrogen-bond acceptors (Lipinski definition) is 5. The lowest BCUT2D eigenvalue weighted by Gasteiger charge is -2.36. The van der Waals surface area contributed by atoms with Crippen LogP contribution in [0.3, 0.4) is 0 Å². The fraction of sp³-hybridized carbons (Fsp3) is 0.538. The molecule has 1 aliphatic heterocycles. The van der Waals surface area contributed by atoms with Crippen LogP contribution in [-0.4, -0.2) is 49.0 Å². The predicted octanol–water partition coefficient (Wildman–Crippen LogP) is 0.293. The van der Waals surface area contributed by atoms with Gasteiger partial charge in [0.25, 0.3) is 5.91 Å². The summed E-state index contributed by atoms with van der Waals surface area (Å²) in [4.78, 5) is 20.0. The van der Waals surface area contributed by atoms with Crippen LogP contribution >= 0.6 is 0 Å². The summed E-state index contributed by atoms with van der Waals surface area (Å²) in [7, 11) is 4.19. The molecular weight excluding hydrogens is 242 g/mol. The van der Waals surface area contributed by atoms with E-state index in [9.17, 15) is 4.79 Å². The topological polar surface area (TPSA) is 88.5 Å². The Kier molecular flexibility index (Phi) is 3.90. The van der Waals surface area contributed by atoms with Crippen molar-refractivity contribution < 1.29 is 4.79 Å². The van der Waals surface area contributed by atoms with Crippen molar-refractivity contribution in [1.29, 1.82) is 0 Å². The van der Waals surface area contributed by atoms with Crippen molar-refractivity contribution in [1.82, 2.24) is 9.88 Å². The molecule has 1 aliphatic rings. The van der Waals surface area contributed by atoms with Gasteiger partial charge in [-0.25, -0.2) is 4.98 Å². The van der Waals surface area contributed by atoms with Crippen LogP contribution in [0.25, 0.3) is 0 Å². The van der Waals surface area contributed by atoms with E-state index >= 15 is 0 Å². The molecule has 19 heavy (non-hydrogen) atoms. The lowest BCUT2D eigenvalue weighted by atomic mass is 10.0. The second kappa shape index (κ2) is 5.44. The summed E-state index contributed by atoms with van der Waals surface area (Å²) < 4.78 is 0. The number of carbonyl (C=O) groups excluding carboxylic acids is 1. The summed E-state index contributed by atoms with van der Waals surface area (Å²) in [5.41, 5.74) is 12.3. The number of piperidine rings is 1. The van der Waals surface area contributed by atoms with Gasteiger partial charge in [-0.1, -0.05) is 0 Å². The van der Waals surface area contributed by atoms with Crippen molar-refractivity contribution in [3.63, 3.8) is 0 Å². The molecule has 0 atom stereocenters. The number of nitrogens with two attached hydrogens (primary N) is 2. The molecule has 4 N–H and O–H groups in total. The standard InChI is InChI=1S/C13H21N5O/c1-17(2)9-3-5-18(6-4-9)11-8-16-12(14)7-10(11)13(15)19/h7-9H,3-6H2,1-2H3,(H2,14,16)(H2,15,19). The molecule has 0 aliphatic carbocycles. The highest BCUT2D eigenvalue weighted by Gasteiger charge is 2.23. The van der Waals surface area contributed by atoms with Crippen molar-refractivity contribution in [3.8, 4) is 0 Å². The number of anilines is 2. The van der Waals surface area contributed by atoms with Crippen molar-refractivity contribution in [2.45, 2.75) is 18.9 Å². The van der Waals surface area contributed by atoms with Crippen LogP contribution in [0.1, 0.15) is 23.2 Å². The second-order valence-electron chi connectivity index (χ2n) is 5.17. The Morgan fingerprint density at radius 3 is 2.58 bits per heavy atom. The fourth-order valence-electron chi connectivity index (χ4n) is 2.54. The van der Waals surface area contributed by atoms with Crippen LogP contribution in [0.15, 0.2) is 12.3 Å². The largest absolute Gasteiger partial charge is 0.384 e. The third-order valence-corrected chi connectivity index (χ3v) is 3.71. The molecule has 0 aromatic carbocycles. The van der Waals surface area contributed by atoms with Crippen LogP contribution in [0, 0.1) is 0 Å². The van der Waals surface area contributed by atoms with E-state index in [0.29, 0.717) is 17.4 Å². The maximum atomic E-state index is 11.5. The monoisotopic (exact) mass is 263 g/mol. The summed E-state index contributed by atoms with van der Waals surface area (Å²) in [6.45, 7) is 1.80. The molecule has 2 heterocycles. The van der Waals surface area contributed by atoms with E-state index < -0.39 is 5.91 Å². The number of carbonyl (C=O) groups is 1. The van der Waals surface area contributed by atoms with E-state index in [4.69, 9.17) is 11.5 Å². The Balaban J connectivity index is 2.17. The molecule has 6 heteroatoms. The van der Waals surface area contributed by atoms with Crippen molar-refractivity contribution in [2.24, 2.45) is 5.73 Å². The number of primary amides is 1. The molecule has 0 unspecified atom stereocenters. The van der Waals surface area contributed by atoms with Crippen LogP contribution in [0.2, 0.25) is 0 Å². The lowest BCUT2D eigenvalue weighted by molar-refractivity contribution is 0.100. The first-order valence-electron chi connectivity index (χ1n) is 6.45. The normalized spacial score (nSPS) is 16.9. The summed E-state index contributed by atoms with van der Waals surface area (Å²) in [5.74, 6) is -0.139. The average molecular weight is 263 g/mol. The first kappa shape index (κ1) is 13.6. The number of rotatable bonds is 3. The number of amides is 1. The molecule has 0 bridgehead atoms. The second-order valence-corrected chi connectivity index (χ2v) is 5.17. The maximum absolute atomic E-state index is 11.5. The van der Waals surface area contributed by atoms with Gasteiger partial charge in [-0.05, 0) is 33.0 Å². The Bertz CT molecular complexity index is 466. The highest BCUT2D eigenvalue weighted by molar-refractivity contribution is 5.99. The quantitative estimate of drug-likeness (QED) is 0.818. The molecule has 104 valence electrons. The Morgan fingerprint density at radius 1 is 1.42 bits per heavy atom. The molecule has 1 saturated heterocycles. The minimum absolute atomic E-state index is 0.320. The number of nitrogens with zero attached hydrogens (tertiary/aromatic N) is 3. The molecule has 1 aromatic rings. The van der Waals surface area contributed by atoms with E-state index in [1.807, 2.05) is 0 Å². The molecule has 0 spiro atoms. The number of aromatic nitrogens is 1. The molecule has 6 nitrogen and oxygen atoms in total. The highest BCUT2D eigenvalue weighted by Crippen LogP contribution is 2.25. The zero-order valence-corrected chi connectivity index (χ0v) is 11.5. The van der Waals surface area contributed by atoms with Gasteiger partial charge in [0.2, 0.25) is 0 Å². The molecule has 1 amide bonds. The lowest BCUT2D eigenvalue weighted by Crippen LogP contribution is -2.42. The van der Waals surface area contributed by atoms with Gasteiger partial charge >= 0.3 is 0 Å². The predicted molar refractivity (Wildman–Crippen MR) is 76.1 cm³/mol. The average Bonchev–Trinajstić information content (AvgIpc) is 2.38. The zero-order chi connectivity index (χ0) is 14.0. The van der Waals surface area contributed by atoms with E-state index in [2.05, 4.69) is 28.9 Å². The van der Waals surface area contributed by atoms with Gasteiger partial charge in [0.1, 0.15) is 5.82 Å². The Hall–Kier alpha value is -1.82. The Morgan fingerprint density at radius 2 is 2.05 bits per heavy atom. The van der Waals surface area contributed by atoms with Crippen molar-refractivity contribution >= 4 is 17.4 Å². The van der Waals surface area contributed by atoms with Crippen molar-refractivity contribution in [3.05, 3.63) is 17.8 Å². The van der Waals surface area contributed by atoms with E-state index in [1.54, 1.807) is 12.3 Å². The summed E-state index contributed by atoms with van der Waals surface area (Å²) >= 11 is 0. The fourth-order valence-corrected chi connectivity index (χ4v) is 2.54. The van der Waals surface area contributed by atoms with Gasteiger partial charge in [0.15, 0.2) is 0 Å². The molecule has 0 saturated carbocycles. The third-order valence-electron chi connectivity index (χ3n) is 3.71. The molecule has 2 rings (SSSR count). The molecule has 1 aromatic heterocycles. The highest BCUT2D eigenvalue weighted by atomic mass is 16.1. The van der Waals surface area contributed by atoms with Gasteiger partial charge in [0.05, 0.1) is 17.4 Å². The first-order chi connectivity index (χ1) is 8.99. The van der Waals surface area contributed by atoms with Crippen LogP contribution in [0.5, 0.6) is 0 Å². The van der Waals surface area contributed by atoms with E-state index in [1.165, 1.54) is 0 Å². The SMILES string of the molecule is CN(C)C1CCN(c2cnc(N)cc2C(N)=O)CC1.